The maximum Gasteiger partial charge on any atom is 0.410 e. The lowest BCUT2D eigenvalue weighted by Crippen LogP contribution is -2.46. The molecule has 1 N–H and O–H groups in total. The highest BCUT2D eigenvalue weighted by Crippen LogP contribution is 2.31. The Morgan fingerprint density at radius 1 is 1.40 bits per heavy atom. The van der Waals surface area contributed by atoms with E-state index < -0.39 is 5.60 Å². The van der Waals surface area contributed by atoms with Crippen molar-refractivity contribution in [1.29, 1.82) is 0 Å². The second kappa shape index (κ2) is 8.30. The number of hydrogen-bond acceptors (Lipinski definition) is 4. The lowest BCUT2D eigenvalue weighted by Gasteiger charge is -2.37. The molecule has 1 aliphatic heterocycles. The molecule has 25 heavy (non-hydrogen) atoms. The zero-order chi connectivity index (χ0) is 18.6. The van der Waals surface area contributed by atoms with Crippen LogP contribution in [0.1, 0.15) is 40.5 Å². The lowest BCUT2D eigenvalue weighted by molar-refractivity contribution is 0.0159. The van der Waals surface area contributed by atoms with Crippen LogP contribution < -0.4 is 10.1 Å². The van der Waals surface area contributed by atoms with E-state index in [1.54, 1.807) is 7.11 Å². The summed E-state index contributed by atoms with van der Waals surface area (Å²) in [6, 6.07) is 6.13. The third kappa shape index (κ3) is 5.80. The molecule has 1 saturated heterocycles. The summed E-state index contributed by atoms with van der Waals surface area (Å²) in [5.74, 6) is 1.18. The minimum Gasteiger partial charge on any atom is -0.495 e. The quantitative estimate of drug-likeness (QED) is 0.763. The number of anilines is 1. The molecule has 1 heterocycles. The van der Waals surface area contributed by atoms with Gasteiger partial charge in [-0.15, -0.1) is 0 Å². The molecule has 1 aliphatic rings. The molecule has 0 radical (unpaired) electrons. The molecule has 0 bridgehead atoms. The van der Waals surface area contributed by atoms with E-state index in [4.69, 9.17) is 9.47 Å². The first-order chi connectivity index (χ1) is 11.7. The fourth-order valence-corrected chi connectivity index (χ4v) is 3.43. The summed E-state index contributed by atoms with van der Waals surface area (Å²) in [5.41, 5.74) is 0.496. The van der Waals surface area contributed by atoms with Crippen LogP contribution in [0.25, 0.3) is 0 Å². The molecule has 5 nitrogen and oxygen atoms in total. The Hall–Kier alpha value is -1.43. The van der Waals surface area contributed by atoms with Gasteiger partial charge in [0.25, 0.3) is 0 Å². The fraction of sp³-hybridized carbons (Fsp3) is 0.632. The standard InChI is InChI=1S/C19H29BrN2O3/c1-13(21-16-11-15(20)8-9-17(16)24-5)14-7-6-10-22(12-14)18(23)25-19(2,3)4/h8-9,11,13-14,21H,6-7,10,12H2,1-5H3. The molecule has 1 aromatic rings. The molecule has 1 aromatic carbocycles. The van der Waals surface area contributed by atoms with Crippen molar-refractivity contribution in [1.82, 2.24) is 4.90 Å². The van der Waals surface area contributed by atoms with Crippen LogP contribution in [0.3, 0.4) is 0 Å². The van der Waals surface area contributed by atoms with Gasteiger partial charge >= 0.3 is 6.09 Å². The zero-order valence-corrected chi connectivity index (χ0v) is 17.4. The first-order valence-electron chi connectivity index (χ1n) is 8.77. The Kier molecular flexibility index (Phi) is 6.60. The Labute approximate surface area is 159 Å². The van der Waals surface area contributed by atoms with Crippen molar-refractivity contribution in [3.05, 3.63) is 22.7 Å². The van der Waals surface area contributed by atoms with E-state index in [2.05, 4.69) is 28.2 Å². The number of nitrogens with zero attached hydrogens (tertiary/aromatic N) is 1. The number of halogens is 1. The molecular weight excluding hydrogens is 384 g/mol. The van der Waals surface area contributed by atoms with Crippen molar-refractivity contribution < 1.29 is 14.3 Å². The molecule has 2 unspecified atom stereocenters. The van der Waals surface area contributed by atoms with E-state index in [1.165, 1.54) is 0 Å². The number of likely N-dealkylation sites (tertiary alicyclic amines) is 1. The number of rotatable bonds is 4. The van der Waals surface area contributed by atoms with E-state index in [9.17, 15) is 4.79 Å². The molecule has 0 aliphatic carbocycles. The smallest absolute Gasteiger partial charge is 0.410 e. The summed E-state index contributed by atoms with van der Waals surface area (Å²) >= 11 is 3.50. The highest BCUT2D eigenvalue weighted by atomic mass is 79.9. The van der Waals surface area contributed by atoms with Crippen molar-refractivity contribution in [3.8, 4) is 5.75 Å². The minimum atomic E-state index is -0.461. The van der Waals surface area contributed by atoms with Crippen LogP contribution in [0, 0.1) is 5.92 Å². The van der Waals surface area contributed by atoms with Gasteiger partial charge in [0.15, 0.2) is 0 Å². The van der Waals surface area contributed by atoms with E-state index in [0.717, 1.165) is 35.3 Å². The molecule has 2 rings (SSSR count). The monoisotopic (exact) mass is 412 g/mol. The molecule has 1 amide bonds. The number of amides is 1. The third-order valence-corrected chi connectivity index (χ3v) is 4.85. The number of benzene rings is 1. The summed E-state index contributed by atoms with van der Waals surface area (Å²) in [7, 11) is 1.67. The van der Waals surface area contributed by atoms with E-state index in [-0.39, 0.29) is 12.1 Å². The van der Waals surface area contributed by atoms with Gasteiger partial charge in [-0.3, -0.25) is 0 Å². The topological polar surface area (TPSA) is 50.8 Å². The summed E-state index contributed by atoms with van der Waals surface area (Å²) in [5, 5.41) is 3.55. The Bertz CT molecular complexity index is 601. The molecule has 6 heteroatoms. The predicted molar refractivity (Wildman–Crippen MR) is 104 cm³/mol. The Morgan fingerprint density at radius 2 is 2.12 bits per heavy atom. The number of methoxy groups -OCH3 is 1. The number of nitrogens with one attached hydrogen (secondary N) is 1. The van der Waals surface area contributed by atoms with Gasteiger partial charge in [-0.25, -0.2) is 4.79 Å². The summed E-state index contributed by atoms with van der Waals surface area (Å²) in [6.45, 7) is 9.32. The van der Waals surface area contributed by atoms with Crippen LogP contribution in [0.5, 0.6) is 5.75 Å². The normalized spacial score (nSPS) is 19.3. The first-order valence-corrected chi connectivity index (χ1v) is 9.57. The molecule has 140 valence electrons. The number of hydrogen-bond donors (Lipinski definition) is 1. The average molecular weight is 413 g/mol. The summed E-state index contributed by atoms with van der Waals surface area (Å²) in [6.07, 6.45) is 1.86. The molecule has 2 atom stereocenters. The minimum absolute atomic E-state index is 0.216. The number of ether oxygens (including phenoxy) is 2. The zero-order valence-electron chi connectivity index (χ0n) is 15.8. The fourth-order valence-electron chi connectivity index (χ4n) is 3.07. The van der Waals surface area contributed by atoms with Gasteiger partial charge in [0.1, 0.15) is 11.4 Å². The van der Waals surface area contributed by atoms with Crippen molar-refractivity contribution in [2.45, 2.75) is 52.2 Å². The number of carbonyl (C=O) groups is 1. The van der Waals surface area contributed by atoms with Gasteiger partial charge in [0.2, 0.25) is 0 Å². The molecule has 0 saturated carbocycles. The Morgan fingerprint density at radius 3 is 2.76 bits per heavy atom. The van der Waals surface area contributed by atoms with Crippen molar-refractivity contribution in [3.63, 3.8) is 0 Å². The largest absolute Gasteiger partial charge is 0.495 e. The van der Waals surface area contributed by atoms with Crippen LogP contribution in [0.4, 0.5) is 10.5 Å². The SMILES string of the molecule is COc1ccc(Br)cc1NC(C)C1CCCN(C(=O)OC(C)(C)C)C1. The second-order valence-electron chi connectivity index (χ2n) is 7.61. The maximum atomic E-state index is 12.3. The molecule has 0 aromatic heterocycles. The predicted octanol–water partition coefficient (Wildman–Crippen LogP) is 4.91. The van der Waals surface area contributed by atoms with Gasteiger partial charge in [-0.1, -0.05) is 15.9 Å². The van der Waals surface area contributed by atoms with Gasteiger partial charge in [-0.2, -0.15) is 0 Å². The maximum absolute atomic E-state index is 12.3. The average Bonchev–Trinajstić information content (AvgIpc) is 2.53. The van der Waals surface area contributed by atoms with Crippen LogP contribution in [0.2, 0.25) is 0 Å². The van der Waals surface area contributed by atoms with Crippen LogP contribution in [-0.4, -0.2) is 42.8 Å². The van der Waals surface area contributed by atoms with E-state index in [0.29, 0.717) is 12.5 Å². The first kappa shape index (κ1) is 19.9. The molecular formula is C19H29BrN2O3. The van der Waals surface area contributed by atoms with Crippen molar-refractivity contribution in [2.24, 2.45) is 5.92 Å². The van der Waals surface area contributed by atoms with Gasteiger partial charge in [-0.05, 0) is 64.7 Å². The van der Waals surface area contributed by atoms with E-state index >= 15 is 0 Å². The van der Waals surface area contributed by atoms with Crippen molar-refractivity contribution in [2.75, 3.05) is 25.5 Å². The Balaban J connectivity index is 2.01. The summed E-state index contributed by atoms with van der Waals surface area (Å²) < 4.78 is 12.0. The number of carbonyl (C=O) groups excluding carboxylic acids is 1. The van der Waals surface area contributed by atoms with Gasteiger partial charge in [0.05, 0.1) is 12.8 Å². The van der Waals surface area contributed by atoms with Crippen LogP contribution in [-0.2, 0) is 4.74 Å². The molecule has 1 fully saturated rings. The highest BCUT2D eigenvalue weighted by molar-refractivity contribution is 9.10. The lowest BCUT2D eigenvalue weighted by atomic mass is 9.91. The van der Waals surface area contributed by atoms with Gasteiger partial charge in [0, 0.05) is 23.6 Å². The summed E-state index contributed by atoms with van der Waals surface area (Å²) in [4.78, 5) is 14.2. The van der Waals surface area contributed by atoms with Crippen molar-refractivity contribution >= 4 is 27.7 Å². The number of piperidine rings is 1. The van der Waals surface area contributed by atoms with Gasteiger partial charge < -0.3 is 19.7 Å². The third-order valence-electron chi connectivity index (χ3n) is 4.36. The van der Waals surface area contributed by atoms with Crippen LogP contribution >= 0.6 is 15.9 Å². The second-order valence-corrected chi connectivity index (χ2v) is 8.52. The van der Waals surface area contributed by atoms with Crippen LogP contribution in [0.15, 0.2) is 22.7 Å². The highest BCUT2D eigenvalue weighted by Gasteiger charge is 2.30. The molecule has 0 spiro atoms. The van der Waals surface area contributed by atoms with E-state index in [1.807, 2.05) is 43.9 Å².